The summed E-state index contributed by atoms with van der Waals surface area (Å²) in [6.07, 6.45) is -5.22. The van der Waals surface area contributed by atoms with E-state index in [1.807, 2.05) is 0 Å². The van der Waals surface area contributed by atoms with Crippen molar-refractivity contribution in [2.75, 3.05) is 12.3 Å². The Labute approximate surface area is 104 Å². The van der Waals surface area contributed by atoms with E-state index in [-0.39, 0.29) is 6.42 Å². The van der Waals surface area contributed by atoms with Crippen molar-refractivity contribution in [3.63, 3.8) is 0 Å². The van der Waals surface area contributed by atoms with E-state index in [0.29, 0.717) is 4.31 Å². The van der Waals surface area contributed by atoms with Crippen molar-refractivity contribution in [3.8, 4) is 0 Å². The van der Waals surface area contributed by atoms with Crippen molar-refractivity contribution in [2.45, 2.75) is 38.9 Å². The lowest BCUT2D eigenvalue weighted by atomic mass is 10.3. The molecule has 108 valence electrons. The third-order valence-corrected chi connectivity index (χ3v) is 4.13. The minimum Gasteiger partial charge on any atom is -0.481 e. The van der Waals surface area contributed by atoms with Crippen molar-refractivity contribution < 1.29 is 31.5 Å². The van der Waals surface area contributed by atoms with Crippen LogP contribution in [-0.2, 0) is 14.8 Å². The number of carboxylic acids is 1. The quantitative estimate of drug-likeness (QED) is 0.770. The van der Waals surface area contributed by atoms with Gasteiger partial charge in [-0.25, -0.2) is 8.42 Å². The molecule has 0 aromatic rings. The molecular formula is C9H16F3NO4S. The highest BCUT2D eigenvalue weighted by atomic mass is 32.2. The summed E-state index contributed by atoms with van der Waals surface area (Å²) < 4.78 is 60.4. The third kappa shape index (κ3) is 6.80. The lowest BCUT2D eigenvalue weighted by Gasteiger charge is -2.26. The van der Waals surface area contributed by atoms with E-state index < -0.39 is 46.9 Å². The maximum Gasteiger partial charge on any atom is 0.402 e. The normalized spacial score (nSPS) is 13.3. The third-order valence-electron chi connectivity index (χ3n) is 2.06. The molecule has 0 fully saturated rings. The van der Waals surface area contributed by atoms with Crippen molar-refractivity contribution in [3.05, 3.63) is 0 Å². The van der Waals surface area contributed by atoms with Gasteiger partial charge in [0, 0.05) is 12.5 Å². The number of alkyl halides is 3. The first-order valence-electron chi connectivity index (χ1n) is 5.24. The zero-order chi connectivity index (χ0) is 14.6. The van der Waals surface area contributed by atoms with Gasteiger partial charge in [0.1, 0.15) is 6.54 Å². The molecule has 0 unspecified atom stereocenters. The summed E-state index contributed by atoms with van der Waals surface area (Å²) in [6.45, 7) is 1.11. The van der Waals surface area contributed by atoms with Gasteiger partial charge in [0.2, 0.25) is 10.0 Å². The van der Waals surface area contributed by atoms with E-state index in [2.05, 4.69) is 0 Å². The molecule has 1 N–H and O–H groups in total. The Kier molecular flexibility index (Phi) is 6.08. The molecule has 0 heterocycles. The highest BCUT2D eigenvalue weighted by Gasteiger charge is 2.37. The van der Waals surface area contributed by atoms with Crippen LogP contribution in [-0.4, -0.2) is 48.3 Å². The first-order chi connectivity index (χ1) is 7.96. The van der Waals surface area contributed by atoms with Gasteiger partial charge in [0.15, 0.2) is 0 Å². The number of carboxylic acid groups (broad SMARTS) is 1. The molecule has 0 spiro atoms. The van der Waals surface area contributed by atoms with E-state index in [0.717, 1.165) is 0 Å². The first-order valence-corrected chi connectivity index (χ1v) is 6.84. The van der Waals surface area contributed by atoms with Gasteiger partial charge in [-0.1, -0.05) is 0 Å². The Hall–Kier alpha value is -0.830. The minimum absolute atomic E-state index is 0.210. The van der Waals surface area contributed by atoms with Gasteiger partial charge in [-0.05, 0) is 20.3 Å². The summed E-state index contributed by atoms with van der Waals surface area (Å²) in [5.41, 5.74) is 0. The lowest BCUT2D eigenvalue weighted by Crippen LogP contribution is -2.44. The summed E-state index contributed by atoms with van der Waals surface area (Å²) in [5, 5.41) is 8.36. The first kappa shape index (κ1) is 17.2. The lowest BCUT2D eigenvalue weighted by molar-refractivity contribution is -0.139. The molecular weight excluding hydrogens is 275 g/mol. The molecule has 0 radical (unpaired) electrons. The standard InChI is InChI=1S/C9H16F3NO4S/c1-7(2)13(6-9(10,11)12)18(16,17)5-3-4-8(14)15/h7H,3-6H2,1-2H3,(H,14,15). The smallest absolute Gasteiger partial charge is 0.402 e. The highest BCUT2D eigenvalue weighted by Crippen LogP contribution is 2.21. The zero-order valence-corrected chi connectivity index (χ0v) is 10.9. The maximum absolute atomic E-state index is 12.2. The fourth-order valence-electron chi connectivity index (χ4n) is 1.30. The molecule has 0 aliphatic carbocycles. The molecule has 0 aromatic heterocycles. The van der Waals surface area contributed by atoms with E-state index in [1.165, 1.54) is 13.8 Å². The number of hydrogen-bond acceptors (Lipinski definition) is 3. The van der Waals surface area contributed by atoms with E-state index >= 15 is 0 Å². The average Bonchev–Trinajstić information content (AvgIpc) is 2.11. The number of halogens is 3. The van der Waals surface area contributed by atoms with Crippen LogP contribution in [0.3, 0.4) is 0 Å². The number of hydrogen-bond donors (Lipinski definition) is 1. The largest absolute Gasteiger partial charge is 0.481 e. The molecule has 9 heteroatoms. The van der Waals surface area contributed by atoms with Gasteiger partial charge < -0.3 is 5.11 Å². The van der Waals surface area contributed by atoms with Crippen LogP contribution in [0.25, 0.3) is 0 Å². The number of sulfonamides is 1. The summed E-state index contributed by atoms with van der Waals surface area (Å²) in [7, 11) is -4.10. The monoisotopic (exact) mass is 291 g/mol. The second-order valence-electron chi connectivity index (χ2n) is 4.07. The van der Waals surface area contributed by atoms with Gasteiger partial charge in [-0.3, -0.25) is 4.79 Å². The number of rotatable bonds is 7. The van der Waals surface area contributed by atoms with Gasteiger partial charge >= 0.3 is 12.1 Å². The molecule has 18 heavy (non-hydrogen) atoms. The molecule has 0 bridgehead atoms. The average molecular weight is 291 g/mol. The van der Waals surface area contributed by atoms with Crippen LogP contribution >= 0.6 is 0 Å². The van der Waals surface area contributed by atoms with Crippen LogP contribution in [0.2, 0.25) is 0 Å². The van der Waals surface area contributed by atoms with Crippen LogP contribution in [0.15, 0.2) is 0 Å². The summed E-state index contributed by atoms with van der Waals surface area (Å²) in [5.74, 6) is -1.79. The molecule has 0 aliphatic heterocycles. The van der Waals surface area contributed by atoms with Crippen LogP contribution in [0.5, 0.6) is 0 Å². The summed E-state index contributed by atoms with van der Waals surface area (Å²) >= 11 is 0. The van der Waals surface area contributed by atoms with Gasteiger partial charge in [-0.2, -0.15) is 17.5 Å². The second-order valence-corrected chi connectivity index (χ2v) is 6.11. The second kappa shape index (κ2) is 6.37. The Balaban J connectivity index is 4.73. The van der Waals surface area contributed by atoms with Crippen molar-refractivity contribution in [1.29, 1.82) is 0 Å². The fourth-order valence-corrected chi connectivity index (χ4v) is 3.03. The Morgan fingerprint density at radius 3 is 2.17 bits per heavy atom. The molecule has 0 atom stereocenters. The van der Waals surface area contributed by atoms with Gasteiger partial charge in [-0.15, -0.1) is 0 Å². The van der Waals surface area contributed by atoms with Crippen LogP contribution in [0, 0.1) is 0 Å². The van der Waals surface area contributed by atoms with Crippen LogP contribution in [0.4, 0.5) is 13.2 Å². The molecule has 0 saturated carbocycles. The van der Waals surface area contributed by atoms with E-state index in [1.54, 1.807) is 0 Å². The Morgan fingerprint density at radius 2 is 1.83 bits per heavy atom. The summed E-state index contributed by atoms with van der Waals surface area (Å²) in [6, 6.07) is -0.832. The fraction of sp³-hybridized carbons (Fsp3) is 0.889. The van der Waals surface area contributed by atoms with E-state index in [9.17, 15) is 26.4 Å². The molecule has 0 amide bonds. The van der Waals surface area contributed by atoms with Crippen molar-refractivity contribution in [2.24, 2.45) is 0 Å². The highest BCUT2D eigenvalue weighted by molar-refractivity contribution is 7.89. The number of carbonyl (C=O) groups is 1. The Bertz CT molecular complexity index is 378. The van der Waals surface area contributed by atoms with Crippen LogP contribution < -0.4 is 0 Å². The maximum atomic E-state index is 12.2. The SMILES string of the molecule is CC(C)N(CC(F)(F)F)S(=O)(=O)CCCC(=O)O. The molecule has 0 aromatic carbocycles. The Morgan fingerprint density at radius 1 is 1.33 bits per heavy atom. The number of nitrogens with zero attached hydrogens (tertiary/aromatic N) is 1. The van der Waals surface area contributed by atoms with Gasteiger partial charge in [0.25, 0.3) is 0 Å². The summed E-state index contributed by atoms with van der Waals surface area (Å²) in [4.78, 5) is 10.2. The predicted octanol–water partition coefficient (Wildman–Crippen LogP) is 1.45. The van der Waals surface area contributed by atoms with Gasteiger partial charge in [0.05, 0.1) is 5.75 Å². The predicted molar refractivity (Wildman–Crippen MR) is 58.6 cm³/mol. The zero-order valence-electron chi connectivity index (χ0n) is 10.1. The van der Waals surface area contributed by atoms with Crippen molar-refractivity contribution >= 4 is 16.0 Å². The molecule has 0 rings (SSSR count). The molecule has 5 nitrogen and oxygen atoms in total. The molecule has 0 saturated heterocycles. The van der Waals surface area contributed by atoms with Crippen molar-refractivity contribution in [1.82, 2.24) is 4.31 Å². The van der Waals surface area contributed by atoms with E-state index in [4.69, 9.17) is 5.11 Å². The van der Waals surface area contributed by atoms with Crippen LogP contribution in [0.1, 0.15) is 26.7 Å². The topological polar surface area (TPSA) is 74.7 Å². The minimum atomic E-state index is -4.62. The number of aliphatic carboxylic acids is 1. The molecule has 0 aliphatic rings.